The summed E-state index contributed by atoms with van der Waals surface area (Å²) in [7, 11) is 0. The first-order valence-corrected chi connectivity index (χ1v) is 20.6. The average molecular weight is 801 g/mol. The Kier molecular flexibility index (Phi) is 13.0. The number of likely N-dealkylation sites (tertiary alicyclic amines) is 1. The van der Waals surface area contributed by atoms with Gasteiger partial charge < -0.3 is 47.9 Å². The zero-order chi connectivity index (χ0) is 40.5. The molecule has 4 fully saturated rings. The van der Waals surface area contributed by atoms with E-state index in [4.69, 9.17) is 42.6 Å². The van der Waals surface area contributed by atoms with E-state index in [0.717, 1.165) is 11.1 Å². The van der Waals surface area contributed by atoms with Crippen LogP contribution in [0.15, 0.2) is 60.7 Å². The molecular weight excluding hydrogens is 741 g/mol. The van der Waals surface area contributed by atoms with Crippen LogP contribution >= 0.6 is 11.8 Å². The number of nitrogens with one attached hydrogen (secondary N) is 1. The Bertz CT molecular complexity index is 1620. The standard InChI is InChI=1S/C42H60N2O11S/c1-39(2,3)54-37(45)43-21-28-31(47-22-26-17-13-11-14-18-26)32(48-23-27-19-15-12-16-20-27)29(44(28)38(46)55-40(4,5)6)25-56-35-33(30-24-49-41(7,8)51-30)50-36-34(35)52-42(9,10)53-36/h11-20,28-36H,21-25H2,1-10H3,(H,43,45)/t28-,29+,30-,31-,32-,33-,34-,35+,36-/m1/s1. The highest BCUT2D eigenvalue weighted by molar-refractivity contribution is 8.00. The monoisotopic (exact) mass is 800 g/mol. The molecule has 4 aliphatic heterocycles. The van der Waals surface area contributed by atoms with E-state index in [-0.39, 0.29) is 31.1 Å². The number of carbonyl (C=O) groups excluding carboxylic acids is 2. The molecule has 0 radical (unpaired) electrons. The molecular formula is C42H60N2O11S. The summed E-state index contributed by atoms with van der Waals surface area (Å²) in [6.45, 7) is 19.3. The van der Waals surface area contributed by atoms with Crippen LogP contribution in [0, 0.1) is 0 Å². The summed E-state index contributed by atoms with van der Waals surface area (Å²) >= 11 is 1.61. The molecule has 0 bridgehead atoms. The number of amides is 2. The molecule has 9 atom stereocenters. The second kappa shape index (κ2) is 17.1. The predicted molar refractivity (Wildman–Crippen MR) is 210 cm³/mol. The van der Waals surface area contributed by atoms with Crippen molar-refractivity contribution in [2.45, 2.75) is 159 Å². The Morgan fingerprint density at radius 3 is 1.88 bits per heavy atom. The molecule has 6 rings (SSSR count). The first-order valence-electron chi connectivity index (χ1n) is 19.5. The SMILES string of the molecule is CC(C)(C)OC(=O)NC[C@@H]1[C@@H](OCc2ccccc2)[C@H](OCc2ccccc2)[C@H](CS[C@@H]2[C@H]3OC(C)(C)O[C@H]3O[C@@H]2[C@H]2COC(C)(C)O2)N1C(=O)OC(C)(C)C. The van der Waals surface area contributed by atoms with Gasteiger partial charge in [-0.05, 0) is 80.4 Å². The summed E-state index contributed by atoms with van der Waals surface area (Å²) in [4.78, 5) is 29.4. The molecule has 4 saturated heterocycles. The average Bonchev–Trinajstić information content (AvgIpc) is 3.80. The molecule has 2 aromatic rings. The molecule has 4 heterocycles. The fraction of sp³-hybridized carbons (Fsp3) is 0.667. The molecule has 310 valence electrons. The lowest BCUT2D eigenvalue weighted by molar-refractivity contribution is -0.219. The van der Waals surface area contributed by atoms with E-state index in [1.165, 1.54) is 0 Å². The second-order valence-corrected chi connectivity index (χ2v) is 18.9. The zero-order valence-corrected chi connectivity index (χ0v) is 35.2. The molecule has 14 heteroatoms. The summed E-state index contributed by atoms with van der Waals surface area (Å²) in [6.07, 6.45) is -4.32. The van der Waals surface area contributed by atoms with E-state index in [9.17, 15) is 9.59 Å². The molecule has 56 heavy (non-hydrogen) atoms. The van der Waals surface area contributed by atoms with Crippen LogP contribution < -0.4 is 5.32 Å². The fourth-order valence-electron chi connectivity index (χ4n) is 7.50. The first-order chi connectivity index (χ1) is 26.3. The maximum atomic E-state index is 14.5. The van der Waals surface area contributed by atoms with Crippen molar-refractivity contribution in [2.75, 3.05) is 18.9 Å². The highest BCUT2D eigenvalue weighted by atomic mass is 32.2. The van der Waals surface area contributed by atoms with Gasteiger partial charge in [-0.15, -0.1) is 0 Å². The van der Waals surface area contributed by atoms with Gasteiger partial charge in [0.1, 0.15) is 41.7 Å². The number of carbonyl (C=O) groups is 2. The van der Waals surface area contributed by atoms with Gasteiger partial charge in [0.05, 0.1) is 37.2 Å². The van der Waals surface area contributed by atoms with Gasteiger partial charge in [0.2, 0.25) is 0 Å². The van der Waals surface area contributed by atoms with Crippen molar-refractivity contribution >= 4 is 23.9 Å². The van der Waals surface area contributed by atoms with Crippen molar-refractivity contribution in [3.63, 3.8) is 0 Å². The van der Waals surface area contributed by atoms with E-state index in [2.05, 4.69) is 5.32 Å². The van der Waals surface area contributed by atoms with Gasteiger partial charge in [0, 0.05) is 12.3 Å². The third-order valence-corrected chi connectivity index (χ3v) is 11.2. The molecule has 0 aliphatic carbocycles. The molecule has 0 aromatic heterocycles. The van der Waals surface area contributed by atoms with Crippen LogP contribution in [0.25, 0.3) is 0 Å². The minimum atomic E-state index is -0.850. The van der Waals surface area contributed by atoms with Gasteiger partial charge in [-0.3, -0.25) is 4.90 Å². The third kappa shape index (κ3) is 11.0. The maximum absolute atomic E-state index is 14.5. The van der Waals surface area contributed by atoms with E-state index >= 15 is 0 Å². The molecule has 2 aromatic carbocycles. The highest BCUT2D eigenvalue weighted by Gasteiger charge is 2.60. The predicted octanol–water partition coefficient (Wildman–Crippen LogP) is 6.80. The van der Waals surface area contributed by atoms with Crippen LogP contribution in [0.4, 0.5) is 9.59 Å². The van der Waals surface area contributed by atoms with Gasteiger partial charge >= 0.3 is 12.2 Å². The normalized spacial score (nSPS) is 31.0. The van der Waals surface area contributed by atoms with Crippen molar-refractivity contribution in [1.82, 2.24) is 10.2 Å². The summed E-state index contributed by atoms with van der Waals surface area (Å²) in [5.74, 6) is -1.24. The van der Waals surface area contributed by atoms with Crippen LogP contribution in [0.1, 0.15) is 80.4 Å². The first kappa shape index (κ1) is 42.7. The van der Waals surface area contributed by atoms with Crippen molar-refractivity contribution in [3.8, 4) is 0 Å². The lowest BCUT2D eigenvalue weighted by Gasteiger charge is -2.34. The van der Waals surface area contributed by atoms with E-state index in [1.807, 2.05) is 109 Å². The van der Waals surface area contributed by atoms with Gasteiger partial charge in [-0.1, -0.05) is 60.7 Å². The number of benzene rings is 2. The number of rotatable bonds is 12. The highest BCUT2D eigenvalue weighted by Crippen LogP contribution is 2.46. The van der Waals surface area contributed by atoms with Crippen molar-refractivity contribution in [3.05, 3.63) is 71.8 Å². The number of hydrogen-bond acceptors (Lipinski definition) is 12. The second-order valence-electron chi connectivity index (χ2n) is 17.7. The molecule has 4 aliphatic rings. The van der Waals surface area contributed by atoms with E-state index < -0.39 is 77.8 Å². The minimum absolute atomic E-state index is 0.0211. The van der Waals surface area contributed by atoms with Gasteiger partial charge in [-0.2, -0.15) is 11.8 Å². The number of thioether (sulfide) groups is 1. The summed E-state index contributed by atoms with van der Waals surface area (Å²) < 4.78 is 56.9. The third-order valence-electron chi connectivity index (χ3n) is 9.71. The van der Waals surface area contributed by atoms with Crippen molar-refractivity contribution in [1.29, 1.82) is 0 Å². The zero-order valence-electron chi connectivity index (χ0n) is 34.4. The minimum Gasteiger partial charge on any atom is -0.444 e. The van der Waals surface area contributed by atoms with E-state index in [1.54, 1.807) is 37.4 Å². The van der Waals surface area contributed by atoms with E-state index in [0.29, 0.717) is 12.4 Å². The van der Waals surface area contributed by atoms with Crippen LogP contribution in [-0.2, 0) is 55.8 Å². The lowest BCUT2D eigenvalue weighted by Crippen LogP contribution is -2.52. The van der Waals surface area contributed by atoms with Crippen LogP contribution in [0.2, 0.25) is 0 Å². The Balaban J connectivity index is 1.36. The number of fused-ring (bicyclic) bond motifs is 1. The molecule has 0 spiro atoms. The quantitative estimate of drug-likeness (QED) is 0.242. The molecule has 1 N–H and O–H groups in total. The molecule has 2 amide bonds. The van der Waals surface area contributed by atoms with Crippen molar-refractivity contribution < 1.29 is 52.2 Å². The van der Waals surface area contributed by atoms with Crippen LogP contribution in [-0.4, -0.2) is 113 Å². The number of nitrogens with zero attached hydrogens (tertiary/aromatic N) is 1. The summed E-state index contributed by atoms with van der Waals surface area (Å²) in [6, 6.07) is 18.4. The van der Waals surface area contributed by atoms with Crippen LogP contribution in [0.5, 0.6) is 0 Å². The van der Waals surface area contributed by atoms with Crippen molar-refractivity contribution in [2.24, 2.45) is 0 Å². The largest absolute Gasteiger partial charge is 0.444 e. The molecule has 0 unspecified atom stereocenters. The van der Waals surface area contributed by atoms with Crippen LogP contribution in [0.3, 0.4) is 0 Å². The molecule has 0 saturated carbocycles. The van der Waals surface area contributed by atoms with Gasteiger partial charge in [0.25, 0.3) is 0 Å². The topological polar surface area (TPSA) is 132 Å². The number of alkyl carbamates (subject to hydrolysis) is 1. The Labute approximate surface area is 335 Å². The Morgan fingerprint density at radius 1 is 0.768 bits per heavy atom. The lowest BCUT2D eigenvalue weighted by atomic mass is 10.1. The molecule has 13 nitrogen and oxygen atoms in total. The smallest absolute Gasteiger partial charge is 0.411 e. The van der Waals surface area contributed by atoms with Gasteiger partial charge in [0.15, 0.2) is 17.9 Å². The fourth-order valence-corrected chi connectivity index (χ4v) is 9.08. The number of hydrogen-bond donors (Lipinski definition) is 1. The van der Waals surface area contributed by atoms with Gasteiger partial charge in [-0.25, -0.2) is 9.59 Å². The Morgan fingerprint density at radius 2 is 1.34 bits per heavy atom. The summed E-state index contributed by atoms with van der Waals surface area (Å²) in [5, 5.41) is 2.66. The maximum Gasteiger partial charge on any atom is 0.411 e. The Hall–Kier alpha value is -2.95. The number of ether oxygens (including phenoxy) is 9. The summed E-state index contributed by atoms with van der Waals surface area (Å²) in [5.41, 5.74) is 0.378.